The van der Waals surface area contributed by atoms with Crippen molar-refractivity contribution in [3.63, 3.8) is 0 Å². The summed E-state index contributed by atoms with van der Waals surface area (Å²) in [5.74, 6) is 0.0583. The predicted octanol–water partition coefficient (Wildman–Crippen LogP) is 2.95. The number of benzene rings is 1. The Morgan fingerprint density at radius 3 is 2.71 bits per heavy atom. The Kier molecular flexibility index (Phi) is 3.92. The Hall–Kier alpha value is -1.88. The van der Waals surface area contributed by atoms with E-state index in [9.17, 15) is 9.18 Å². The number of hydrogen-bond donors (Lipinski definition) is 1. The van der Waals surface area contributed by atoms with Crippen LogP contribution in [-0.2, 0) is 0 Å². The molecule has 110 valence electrons. The number of piperidine rings is 1. The SMILES string of the molecule is O=c1[nH]ncc(N2CCC(c3ccccc3F)CC2)c1Cl. The average Bonchev–Trinajstić information content (AvgIpc) is 2.51. The fourth-order valence-corrected chi connectivity index (χ4v) is 3.04. The molecule has 1 aromatic carbocycles. The van der Waals surface area contributed by atoms with Gasteiger partial charge >= 0.3 is 0 Å². The highest BCUT2D eigenvalue weighted by molar-refractivity contribution is 6.32. The molecule has 1 N–H and O–H groups in total. The molecule has 2 aromatic rings. The highest BCUT2D eigenvalue weighted by atomic mass is 35.5. The van der Waals surface area contributed by atoms with Gasteiger partial charge in [-0.05, 0) is 30.4 Å². The van der Waals surface area contributed by atoms with Crippen molar-refractivity contribution >= 4 is 17.3 Å². The molecule has 0 saturated carbocycles. The molecule has 0 radical (unpaired) electrons. The van der Waals surface area contributed by atoms with Crippen LogP contribution in [0.3, 0.4) is 0 Å². The fourth-order valence-electron chi connectivity index (χ4n) is 2.83. The molecular weight excluding hydrogens is 293 g/mol. The van der Waals surface area contributed by atoms with Gasteiger partial charge in [0, 0.05) is 13.1 Å². The zero-order valence-corrected chi connectivity index (χ0v) is 12.1. The molecule has 6 heteroatoms. The van der Waals surface area contributed by atoms with Crippen molar-refractivity contribution in [2.24, 2.45) is 0 Å². The summed E-state index contributed by atoms with van der Waals surface area (Å²) in [6.07, 6.45) is 3.21. The summed E-state index contributed by atoms with van der Waals surface area (Å²) in [4.78, 5) is 13.5. The van der Waals surface area contributed by atoms with Crippen LogP contribution in [-0.4, -0.2) is 23.3 Å². The second-order valence-electron chi connectivity index (χ2n) is 5.18. The van der Waals surface area contributed by atoms with Crippen LogP contribution in [0, 0.1) is 5.82 Å². The lowest BCUT2D eigenvalue weighted by atomic mass is 9.89. The molecule has 0 amide bonds. The Morgan fingerprint density at radius 2 is 2.00 bits per heavy atom. The number of halogens is 2. The fraction of sp³-hybridized carbons (Fsp3) is 0.333. The van der Waals surface area contributed by atoms with Gasteiger partial charge in [0.1, 0.15) is 10.8 Å². The van der Waals surface area contributed by atoms with E-state index in [4.69, 9.17) is 11.6 Å². The first kappa shape index (κ1) is 14.1. The van der Waals surface area contributed by atoms with Crippen molar-refractivity contribution in [3.05, 3.63) is 57.2 Å². The van der Waals surface area contributed by atoms with Crippen LogP contribution in [0.4, 0.5) is 10.1 Å². The third-order valence-corrected chi connectivity index (χ3v) is 4.32. The quantitative estimate of drug-likeness (QED) is 0.928. The topological polar surface area (TPSA) is 49.0 Å². The molecule has 1 saturated heterocycles. The van der Waals surface area contributed by atoms with Crippen molar-refractivity contribution < 1.29 is 4.39 Å². The first-order valence-corrected chi connectivity index (χ1v) is 7.27. The molecule has 1 aliphatic rings. The molecular formula is C15H15ClFN3O. The van der Waals surface area contributed by atoms with Crippen molar-refractivity contribution in [1.82, 2.24) is 10.2 Å². The number of aromatic nitrogens is 2. The summed E-state index contributed by atoms with van der Waals surface area (Å²) in [6.45, 7) is 1.45. The normalized spacial score (nSPS) is 16.2. The lowest BCUT2D eigenvalue weighted by Crippen LogP contribution is -2.34. The van der Waals surface area contributed by atoms with E-state index in [1.165, 1.54) is 6.07 Å². The monoisotopic (exact) mass is 307 g/mol. The number of aromatic amines is 1. The summed E-state index contributed by atoms with van der Waals surface area (Å²) in [6, 6.07) is 6.91. The molecule has 3 rings (SSSR count). The minimum absolute atomic E-state index is 0.146. The Bertz CT molecular complexity index is 695. The van der Waals surface area contributed by atoms with E-state index in [0.717, 1.165) is 31.5 Å². The third-order valence-electron chi connectivity index (χ3n) is 3.96. The van der Waals surface area contributed by atoms with Gasteiger partial charge in [-0.25, -0.2) is 9.49 Å². The van der Waals surface area contributed by atoms with E-state index in [0.29, 0.717) is 5.69 Å². The number of H-pyrrole nitrogens is 1. The second-order valence-corrected chi connectivity index (χ2v) is 5.56. The molecule has 2 heterocycles. The number of nitrogens with one attached hydrogen (secondary N) is 1. The maximum Gasteiger partial charge on any atom is 0.285 e. The van der Waals surface area contributed by atoms with Crippen molar-refractivity contribution in [2.45, 2.75) is 18.8 Å². The molecule has 1 fully saturated rings. The molecule has 0 atom stereocenters. The highest BCUT2D eigenvalue weighted by Gasteiger charge is 2.24. The van der Waals surface area contributed by atoms with Gasteiger partial charge in [0.05, 0.1) is 11.9 Å². The van der Waals surface area contributed by atoms with E-state index >= 15 is 0 Å². The molecule has 0 unspecified atom stereocenters. The third kappa shape index (κ3) is 2.78. The first-order chi connectivity index (χ1) is 10.2. The van der Waals surface area contributed by atoms with Crippen molar-refractivity contribution in [2.75, 3.05) is 18.0 Å². The van der Waals surface area contributed by atoms with E-state index < -0.39 is 0 Å². The van der Waals surface area contributed by atoms with E-state index in [-0.39, 0.29) is 22.3 Å². The molecule has 0 aliphatic carbocycles. The lowest BCUT2D eigenvalue weighted by molar-refractivity contribution is 0.481. The van der Waals surface area contributed by atoms with Gasteiger partial charge in [-0.3, -0.25) is 4.79 Å². The van der Waals surface area contributed by atoms with E-state index in [2.05, 4.69) is 10.2 Å². The largest absolute Gasteiger partial charge is 0.369 e. The number of nitrogens with zero attached hydrogens (tertiary/aromatic N) is 2. The predicted molar refractivity (Wildman–Crippen MR) is 80.5 cm³/mol. The summed E-state index contributed by atoms with van der Waals surface area (Å²) < 4.78 is 13.8. The first-order valence-electron chi connectivity index (χ1n) is 6.89. The van der Waals surface area contributed by atoms with Crippen LogP contribution in [0.25, 0.3) is 0 Å². The molecule has 4 nitrogen and oxygen atoms in total. The lowest BCUT2D eigenvalue weighted by Gasteiger charge is -2.33. The molecule has 21 heavy (non-hydrogen) atoms. The van der Waals surface area contributed by atoms with Crippen LogP contribution >= 0.6 is 11.6 Å². The van der Waals surface area contributed by atoms with Crippen molar-refractivity contribution in [1.29, 1.82) is 0 Å². The minimum Gasteiger partial charge on any atom is -0.369 e. The standard InChI is InChI=1S/C15H15ClFN3O/c16-14-13(9-18-19-15(14)21)20-7-5-10(6-8-20)11-3-1-2-4-12(11)17/h1-4,9-10H,5-8H2,(H,19,21). The molecule has 1 aromatic heterocycles. The van der Waals surface area contributed by atoms with Gasteiger partial charge in [-0.15, -0.1) is 0 Å². The number of rotatable bonds is 2. The van der Waals surface area contributed by atoms with Gasteiger partial charge in [0.15, 0.2) is 0 Å². The van der Waals surface area contributed by atoms with Crippen LogP contribution in [0.1, 0.15) is 24.3 Å². The average molecular weight is 308 g/mol. The second kappa shape index (κ2) is 5.85. The van der Waals surface area contributed by atoms with Crippen LogP contribution in [0.15, 0.2) is 35.3 Å². The Labute approximate surface area is 126 Å². The van der Waals surface area contributed by atoms with E-state index in [1.807, 2.05) is 17.0 Å². The number of anilines is 1. The zero-order chi connectivity index (χ0) is 14.8. The van der Waals surface area contributed by atoms with Gasteiger partial charge < -0.3 is 4.90 Å². The Morgan fingerprint density at radius 1 is 1.29 bits per heavy atom. The summed E-state index contributed by atoms with van der Waals surface area (Å²) in [5.41, 5.74) is 1.03. The zero-order valence-electron chi connectivity index (χ0n) is 11.4. The molecule has 1 aliphatic heterocycles. The molecule has 0 bridgehead atoms. The van der Waals surface area contributed by atoms with Gasteiger partial charge in [0.2, 0.25) is 0 Å². The van der Waals surface area contributed by atoms with Crippen LogP contribution in [0.5, 0.6) is 0 Å². The van der Waals surface area contributed by atoms with Crippen molar-refractivity contribution in [3.8, 4) is 0 Å². The van der Waals surface area contributed by atoms with Gasteiger partial charge in [-0.2, -0.15) is 5.10 Å². The maximum absolute atomic E-state index is 13.8. The van der Waals surface area contributed by atoms with Gasteiger partial charge in [-0.1, -0.05) is 29.8 Å². The van der Waals surface area contributed by atoms with Gasteiger partial charge in [0.25, 0.3) is 5.56 Å². The summed E-state index contributed by atoms with van der Waals surface area (Å²) in [7, 11) is 0. The molecule has 0 spiro atoms. The minimum atomic E-state index is -0.384. The Balaban J connectivity index is 1.75. The van der Waals surface area contributed by atoms with Crippen LogP contribution in [0.2, 0.25) is 5.02 Å². The highest BCUT2D eigenvalue weighted by Crippen LogP contribution is 2.32. The smallest absolute Gasteiger partial charge is 0.285 e. The van der Waals surface area contributed by atoms with E-state index in [1.54, 1.807) is 12.3 Å². The summed E-state index contributed by atoms with van der Waals surface area (Å²) in [5, 5.41) is 6.26. The summed E-state index contributed by atoms with van der Waals surface area (Å²) >= 11 is 6.02. The van der Waals surface area contributed by atoms with Crippen LogP contribution < -0.4 is 10.5 Å². The number of hydrogen-bond acceptors (Lipinski definition) is 3. The maximum atomic E-state index is 13.8.